The van der Waals surface area contributed by atoms with E-state index in [2.05, 4.69) is 34.6 Å². The van der Waals surface area contributed by atoms with Gasteiger partial charge in [-0.25, -0.2) is 0 Å². The van der Waals surface area contributed by atoms with Gasteiger partial charge in [-0.3, -0.25) is 0 Å². The van der Waals surface area contributed by atoms with Crippen LogP contribution in [0.5, 0.6) is 0 Å². The average Bonchev–Trinajstić information content (AvgIpc) is 2.55. The molecule has 0 radical (unpaired) electrons. The van der Waals surface area contributed by atoms with Gasteiger partial charge in [0.2, 0.25) is 0 Å². The van der Waals surface area contributed by atoms with Crippen LogP contribution in [0, 0.1) is 5.41 Å². The Kier molecular flexibility index (Phi) is 2.46. The molecule has 1 N–H and O–H groups in total. The Morgan fingerprint density at radius 1 is 1.38 bits per heavy atom. The molecule has 1 atom stereocenters. The maximum atomic E-state index is 10.3. The summed E-state index contributed by atoms with van der Waals surface area (Å²) in [6.45, 7) is 10.6. The molecule has 0 spiro atoms. The van der Waals surface area contributed by atoms with Gasteiger partial charge in [0.1, 0.15) is 11.5 Å². The molecule has 0 aliphatic heterocycles. The van der Waals surface area contributed by atoms with Crippen LogP contribution < -0.4 is 0 Å². The number of furan rings is 1. The van der Waals surface area contributed by atoms with E-state index in [-0.39, 0.29) is 10.8 Å². The molecule has 1 aromatic heterocycles. The van der Waals surface area contributed by atoms with Gasteiger partial charge >= 0.3 is 0 Å². The molecular formula is C14H22O2. The third-order valence-corrected chi connectivity index (χ3v) is 3.61. The Morgan fingerprint density at radius 3 is 2.56 bits per heavy atom. The van der Waals surface area contributed by atoms with Crippen LogP contribution in [0.2, 0.25) is 0 Å². The van der Waals surface area contributed by atoms with Crippen molar-refractivity contribution >= 4 is 0 Å². The standard InChI is InChI=1S/C14H22O2/c1-13(2,3)11-8-9-10(16-11)6-7-14(4,5)12(9)15/h8,12,15H,6-7H2,1-5H3. The van der Waals surface area contributed by atoms with Gasteiger partial charge in [0.05, 0.1) is 6.10 Å². The average molecular weight is 222 g/mol. The van der Waals surface area contributed by atoms with Crippen LogP contribution in [0.1, 0.15) is 64.2 Å². The lowest BCUT2D eigenvalue weighted by Crippen LogP contribution is -2.27. The second kappa shape index (κ2) is 3.36. The Bertz CT molecular complexity index is 393. The van der Waals surface area contributed by atoms with Crippen molar-refractivity contribution in [2.75, 3.05) is 0 Å². The predicted molar refractivity (Wildman–Crippen MR) is 64.5 cm³/mol. The normalized spacial score (nSPS) is 24.2. The van der Waals surface area contributed by atoms with E-state index in [1.807, 2.05) is 6.07 Å². The molecule has 0 fully saturated rings. The molecule has 1 heterocycles. The lowest BCUT2D eigenvalue weighted by molar-refractivity contribution is 0.0307. The van der Waals surface area contributed by atoms with E-state index in [0.717, 1.165) is 29.9 Å². The van der Waals surface area contributed by atoms with E-state index >= 15 is 0 Å². The summed E-state index contributed by atoms with van der Waals surface area (Å²) in [5.74, 6) is 1.96. The van der Waals surface area contributed by atoms with Crippen molar-refractivity contribution in [2.24, 2.45) is 5.41 Å². The smallest absolute Gasteiger partial charge is 0.110 e. The minimum absolute atomic E-state index is 0.0151. The molecule has 16 heavy (non-hydrogen) atoms. The molecule has 0 saturated heterocycles. The van der Waals surface area contributed by atoms with Gasteiger partial charge in [0.25, 0.3) is 0 Å². The van der Waals surface area contributed by atoms with Gasteiger partial charge in [-0.2, -0.15) is 0 Å². The number of aliphatic hydroxyl groups is 1. The third-order valence-electron chi connectivity index (χ3n) is 3.61. The van der Waals surface area contributed by atoms with Gasteiger partial charge < -0.3 is 9.52 Å². The highest BCUT2D eigenvalue weighted by Gasteiger charge is 2.37. The molecule has 2 nitrogen and oxygen atoms in total. The van der Waals surface area contributed by atoms with Crippen molar-refractivity contribution in [2.45, 2.75) is 59.0 Å². The zero-order valence-corrected chi connectivity index (χ0v) is 10.9. The van der Waals surface area contributed by atoms with Gasteiger partial charge in [-0.15, -0.1) is 0 Å². The summed E-state index contributed by atoms with van der Waals surface area (Å²) in [6, 6.07) is 2.04. The molecule has 1 aromatic rings. The topological polar surface area (TPSA) is 33.4 Å². The van der Waals surface area contributed by atoms with E-state index in [1.54, 1.807) is 0 Å². The monoisotopic (exact) mass is 222 g/mol. The predicted octanol–water partition coefficient (Wildman–Crippen LogP) is 3.58. The van der Waals surface area contributed by atoms with Crippen molar-refractivity contribution in [3.8, 4) is 0 Å². The molecule has 0 aromatic carbocycles. The molecule has 90 valence electrons. The molecule has 2 heteroatoms. The Hall–Kier alpha value is -0.760. The van der Waals surface area contributed by atoms with Crippen molar-refractivity contribution in [1.29, 1.82) is 0 Å². The van der Waals surface area contributed by atoms with Crippen LogP contribution >= 0.6 is 0 Å². The third kappa shape index (κ3) is 1.80. The van der Waals surface area contributed by atoms with Crippen LogP contribution in [0.15, 0.2) is 10.5 Å². The highest BCUT2D eigenvalue weighted by molar-refractivity contribution is 5.31. The van der Waals surface area contributed by atoms with Crippen molar-refractivity contribution < 1.29 is 9.52 Å². The molecule has 0 bridgehead atoms. The van der Waals surface area contributed by atoms with Crippen molar-refractivity contribution in [3.63, 3.8) is 0 Å². The summed E-state index contributed by atoms with van der Waals surface area (Å²) in [7, 11) is 0. The first kappa shape index (κ1) is 11.7. The summed E-state index contributed by atoms with van der Waals surface area (Å²) in [6.07, 6.45) is 1.53. The quantitative estimate of drug-likeness (QED) is 0.727. The Balaban J connectivity index is 2.43. The number of rotatable bonds is 0. The van der Waals surface area contributed by atoms with Crippen LogP contribution in [0.4, 0.5) is 0 Å². The summed E-state index contributed by atoms with van der Waals surface area (Å²) < 4.78 is 5.87. The van der Waals surface area contributed by atoms with Gasteiger partial charge in [0, 0.05) is 17.4 Å². The fourth-order valence-corrected chi connectivity index (χ4v) is 2.23. The lowest BCUT2D eigenvalue weighted by atomic mass is 9.74. The van der Waals surface area contributed by atoms with E-state index in [0.29, 0.717) is 0 Å². The first-order chi connectivity index (χ1) is 7.22. The fourth-order valence-electron chi connectivity index (χ4n) is 2.23. The Morgan fingerprint density at radius 2 is 2.00 bits per heavy atom. The number of hydrogen-bond acceptors (Lipinski definition) is 2. The van der Waals surface area contributed by atoms with E-state index < -0.39 is 6.10 Å². The highest BCUT2D eigenvalue weighted by atomic mass is 16.3. The second-order valence-electron chi connectivity index (χ2n) is 6.63. The minimum atomic E-state index is -0.393. The molecule has 0 amide bonds. The van der Waals surface area contributed by atoms with Gasteiger partial charge in [-0.05, 0) is 17.9 Å². The first-order valence-electron chi connectivity index (χ1n) is 6.03. The summed E-state index contributed by atoms with van der Waals surface area (Å²) >= 11 is 0. The largest absolute Gasteiger partial charge is 0.465 e. The van der Waals surface area contributed by atoms with E-state index in [1.165, 1.54) is 0 Å². The fraction of sp³-hybridized carbons (Fsp3) is 0.714. The van der Waals surface area contributed by atoms with Crippen LogP contribution in [0.25, 0.3) is 0 Å². The van der Waals surface area contributed by atoms with Crippen LogP contribution in [-0.4, -0.2) is 5.11 Å². The molecule has 2 rings (SSSR count). The molecule has 0 saturated carbocycles. The lowest BCUT2D eigenvalue weighted by Gasteiger charge is -2.34. The number of aliphatic hydroxyl groups excluding tert-OH is 1. The maximum absolute atomic E-state index is 10.3. The van der Waals surface area contributed by atoms with Gasteiger partial charge in [0.15, 0.2) is 0 Å². The number of fused-ring (bicyclic) bond motifs is 1. The maximum Gasteiger partial charge on any atom is 0.110 e. The first-order valence-corrected chi connectivity index (χ1v) is 6.03. The van der Waals surface area contributed by atoms with Crippen molar-refractivity contribution in [3.05, 3.63) is 23.2 Å². The SMILES string of the molecule is CC(C)(C)c1cc2c(o1)CCC(C)(C)C2O. The van der Waals surface area contributed by atoms with E-state index in [9.17, 15) is 5.11 Å². The van der Waals surface area contributed by atoms with Gasteiger partial charge in [-0.1, -0.05) is 34.6 Å². The van der Waals surface area contributed by atoms with E-state index in [4.69, 9.17) is 4.42 Å². The molecule has 1 aliphatic carbocycles. The minimum Gasteiger partial charge on any atom is -0.465 e. The van der Waals surface area contributed by atoms with Crippen LogP contribution in [-0.2, 0) is 11.8 Å². The second-order valence-corrected chi connectivity index (χ2v) is 6.63. The Labute approximate surface area is 97.7 Å². The summed E-state index contributed by atoms with van der Waals surface area (Å²) in [5, 5.41) is 10.3. The zero-order valence-electron chi connectivity index (χ0n) is 10.9. The van der Waals surface area contributed by atoms with Crippen LogP contribution in [0.3, 0.4) is 0 Å². The number of aryl methyl sites for hydroxylation is 1. The zero-order chi connectivity index (χ0) is 12.1. The molecule has 1 unspecified atom stereocenters. The summed E-state index contributed by atoms with van der Waals surface area (Å²) in [5.41, 5.74) is 0.980. The molecular weight excluding hydrogens is 200 g/mol. The molecule has 1 aliphatic rings. The van der Waals surface area contributed by atoms with Crippen molar-refractivity contribution in [1.82, 2.24) is 0 Å². The summed E-state index contributed by atoms with van der Waals surface area (Å²) in [4.78, 5) is 0. The number of hydrogen-bond donors (Lipinski definition) is 1. The highest BCUT2D eigenvalue weighted by Crippen LogP contribution is 2.45.